The lowest BCUT2D eigenvalue weighted by molar-refractivity contribution is 0.0999. The highest BCUT2D eigenvalue weighted by Crippen LogP contribution is 2.49. The molecule has 2 aliphatic carbocycles. The largest absolute Gasteiger partial charge is 0.366 e. The molecule has 0 radical (unpaired) electrons. The minimum atomic E-state index is -0.338. The van der Waals surface area contributed by atoms with Gasteiger partial charge in [-0.3, -0.25) is 4.79 Å². The highest BCUT2D eigenvalue weighted by Gasteiger charge is 2.41. The summed E-state index contributed by atoms with van der Waals surface area (Å²) < 4.78 is 0. The molecule has 3 heteroatoms. The first-order valence-electron chi connectivity index (χ1n) is 7.76. The summed E-state index contributed by atoms with van der Waals surface area (Å²) in [5, 5.41) is 3.61. The van der Waals surface area contributed by atoms with E-state index in [1.54, 1.807) is 0 Å². The van der Waals surface area contributed by atoms with Crippen LogP contribution in [-0.2, 0) is 6.54 Å². The Kier molecular flexibility index (Phi) is 3.79. The van der Waals surface area contributed by atoms with Gasteiger partial charge >= 0.3 is 0 Å². The molecule has 0 spiro atoms. The quantitative estimate of drug-likeness (QED) is 0.866. The predicted octanol–water partition coefficient (Wildman–Crippen LogP) is 2.70. The van der Waals surface area contributed by atoms with Crippen LogP contribution in [0, 0.1) is 17.8 Å². The van der Waals surface area contributed by atoms with Gasteiger partial charge in [0.25, 0.3) is 0 Å². The average molecular weight is 272 g/mol. The van der Waals surface area contributed by atoms with Crippen molar-refractivity contribution in [1.29, 1.82) is 0 Å². The topological polar surface area (TPSA) is 55.1 Å². The van der Waals surface area contributed by atoms with E-state index in [1.807, 2.05) is 24.3 Å². The lowest BCUT2D eigenvalue weighted by Crippen LogP contribution is -2.36. The van der Waals surface area contributed by atoms with Crippen LogP contribution in [0.5, 0.6) is 0 Å². The lowest BCUT2D eigenvalue weighted by Gasteiger charge is -2.29. The predicted molar refractivity (Wildman–Crippen MR) is 80.2 cm³/mol. The molecule has 2 aliphatic rings. The Morgan fingerprint density at radius 2 is 2.15 bits per heavy atom. The lowest BCUT2D eigenvalue weighted by atomic mass is 9.84. The third-order valence-electron chi connectivity index (χ3n) is 5.33. The number of carbonyl (C=O) groups is 1. The summed E-state index contributed by atoms with van der Waals surface area (Å²) in [6.07, 6.45) is 5.68. The maximum atomic E-state index is 11.4. The van der Waals surface area contributed by atoms with Gasteiger partial charge < -0.3 is 11.1 Å². The highest BCUT2D eigenvalue weighted by atomic mass is 16.1. The number of hydrogen-bond donors (Lipinski definition) is 2. The fraction of sp³-hybridized carbons (Fsp3) is 0.588. The van der Waals surface area contributed by atoms with Gasteiger partial charge in [0.15, 0.2) is 0 Å². The minimum absolute atomic E-state index is 0.338. The van der Waals surface area contributed by atoms with E-state index in [0.717, 1.165) is 29.9 Å². The third-order valence-corrected chi connectivity index (χ3v) is 5.33. The first-order valence-corrected chi connectivity index (χ1v) is 7.76. The second kappa shape index (κ2) is 5.57. The summed E-state index contributed by atoms with van der Waals surface area (Å²) in [5.74, 6) is 2.38. The molecule has 3 nitrogen and oxygen atoms in total. The van der Waals surface area contributed by atoms with E-state index in [1.165, 1.54) is 25.7 Å². The van der Waals surface area contributed by atoms with E-state index >= 15 is 0 Å². The Hall–Kier alpha value is -1.35. The molecule has 1 amide bonds. The molecule has 0 saturated heterocycles. The molecule has 0 aliphatic heterocycles. The minimum Gasteiger partial charge on any atom is -0.366 e. The smallest absolute Gasteiger partial charge is 0.249 e. The van der Waals surface area contributed by atoms with Crippen LogP contribution < -0.4 is 11.1 Å². The maximum Gasteiger partial charge on any atom is 0.249 e. The summed E-state index contributed by atoms with van der Waals surface area (Å²) in [5.41, 5.74) is 7.07. The molecule has 0 heterocycles. The van der Waals surface area contributed by atoms with Gasteiger partial charge in [0, 0.05) is 18.2 Å². The first-order chi connectivity index (χ1) is 9.65. The molecule has 3 rings (SSSR count). The zero-order valence-corrected chi connectivity index (χ0v) is 12.1. The number of fused-ring (bicyclic) bond motifs is 2. The van der Waals surface area contributed by atoms with Crippen LogP contribution in [0.1, 0.15) is 48.5 Å². The van der Waals surface area contributed by atoms with E-state index in [9.17, 15) is 4.79 Å². The first kappa shape index (κ1) is 13.6. The number of nitrogens with one attached hydrogen (secondary N) is 1. The van der Waals surface area contributed by atoms with Crippen molar-refractivity contribution in [3.63, 3.8) is 0 Å². The van der Waals surface area contributed by atoms with Crippen LogP contribution in [0.2, 0.25) is 0 Å². The second-order valence-corrected chi connectivity index (χ2v) is 6.53. The van der Waals surface area contributed by atoms with E-state index in [2.05, 4.69) is 12.2 Å². The van der Waals surface area contributed by atoms with Gasteiger partial charge in [-0.2, -0.15) is 0 Å². The summed E-state index contributed by atoms with van der Waals surface area (Å²) in [6, 6.07) is 8.14. The van der Waals surface area contributed by atoms with Gasteiger partial charge in [0.2, 0.25) is 5.91 Å². The van der Waals surface area contributed by atoms with Crippen molar-refractivity contribution in [3.05, 3.63) is 35.4 Å². The van der Waals surface area contributed by atoms with E-state index in [-0.39, 0.29) is 5.91 Å². The second-order valence-electron chi connectivity index (χ2n) is 6.53. The zero-order valence-electron chi connectivity index (χ0n) is 12.1. The summed E-state index contributed by atoms with van der Waals surface area (Å²) in [7, 11) is 0. The van der Waals surface area contributed by atoms with Crippen LogP contribution in [0.4, 0.5) is 0 Å². The molecular weight excluding hydrogens is 248 g/mol. The maximum absolute atomic E-state index is 11.4. The number of amides is 1. The SMILES string of the molecule is CC(NCc1ccccc1C(N)=O)C1CC2CCC1C2. The van der Waals surface area contributed by atoms with Crippen molar-refractivity contribution in [2.24, 2.45) is 23.5 Å². The fourth-order valence-electron chi connectivity index (χ4n) is 4.24. The van der Waals surface area contributed by atoms with Gasteiger partial charge in [-0.05, 0) is 55.6 Å². The molecule has 1 aromatic rings. The summed E-state index contributed by atoms with van der Waals surface area (Å²) in [6.45, 7) is 3.02. The molecule has 108 valence electrons. The van der Waals surface area contributed by atoms with Crippen molar-refractivity contribution in [2.45, 2.75) is 45.2 Å². The van der Waals surface area contributed by atoms with Crippen molar-refractivity contribution in [3.8, 4) is 0 Å². The normalized spacial score (nSPS) is 29.6. The monoisotopic (exact) mass is 272 g/mol. The van der Waals surface area contributed by atoms with E-state index < -0.39 is 0 Å². The Bertz CT molecular complexity index is 500. The molecule has 2 bridgehead atoms. The Labute approximate surface area is 120 Å². The molecule has 20 heavy (non-hydrogen) atoms. The van der Waals surface area contributed by atoms with Crippen LogP contribution >= 0.6 is 0 Å². The Morgan fingerprint density at radius 3 is 2.80 bits per heavy atom. The summed E-state index contributed by atoms with van der Waals surface area (Å²) in [4.78, 5) is 11.4. The number of carbonyl (C=O) groups excluding carboxylic acids is 1. The van der Waals surface area contributed by atoms with E-state index in [4.69, 9.17) is 5.73 Å². The van der Waals surface area contributed by atoms with Crippen molar-refractivity contribution < 1.29 is 4.79 Å². The Morgan fingerprint density at radius 1 is 1.35 bits per heavy atom. The standard InChI is InChI=1S/C17H24N2O/c1-11(16-9-12-6-7-13(16)8-12)19-10-14-4-2-3-5-15(14)17(18)20/h2-5,11-13,16,19H,6-10H2,1H3,(H2,18,20). The van der Waals surface area contributed by atoms with Crippen molar-refractivity contribution in [2.75, 3.05) is 0 Å². The van der Waals surface area contributed by atoms with Crippen LogP contribution in [-0.4, -0.2) is 11.9 Å². The van der Waals surface area contributed by atoms with Gasteiger partial charge in [-0.25, -0.2) is 0 Å². The van der Waals surface area contributed by atoms with E-state index in [0.29, 0.717) is 11.6 Å². The fourth-order valence-corrected chi connectivity index (χ4v) is 4.24. The van der Waals surface area contributed by atoms with Crippen LogP contribution in [0.25, 0.3) is 0 Å². The third kappa shape index (κ3) is 2.59. The van der Waals surface area contributed by atoms with Gasteiger partial charge in [-0.15, -0.1) is 0 Å². The number of benzene rings is 1. The van der Waals surface area contributed by atoms with Crippen LogP contribution in [0.3, 0.4) is 0 Å². The molecule has 1 aromatic carbocycles. The molecule has 0 aromatic heterocycles. The number of nitrogens with two attached hydrogens (primary N) is 1. The van der Waals surface area contributed by atoms with Gasteiger partial charge in [-0.1, -0.05) is 24.6 Å². The van der Waals surface area contributed by atoms with Gasteiger partial charge in [0.1, 0.15) is 0 Å². The molecule has 3 N–H and O–H groups in total. The number of primary amides is 1. The number of hydrogen-bond acceptors (Lipinski definition) is 2. The molecule has 4 unspecified atom stereocenters. The zero-order chi connectivity index (χ0) is 14.1. The number of rotatable bonds is 5. The summed E-state index contributed by atoms with van der Waals surface area (Å²) >= 11 is 0. The molecular formula is C17H24N2O. The van der Waals surface area contributed by atoms with Gasteiger partial charge in [0.05, 0.1) is 0 Å². The van der Waals surface area contributed by atoms with Crippen LogP contribution in [0.15, 0.2) is 24.3 Å². The highest BCUT2D eigenvalue weighted by molar-refractivity contribution is 5.94. The molecule has 2 fully saturated rings. The van der Waals surface area contributed by atoms with Crippen molar-refractivity contribution >= 4 is 5.91 Å². The Balaban J connectivity index is 1.61. The molecule has 2 saturated carbocycles. The van der Waals surface area contributed by atoms with Crippen molar-refractivity contribution in [1.82, 2.24) is 5.32 Å². The average Bonchev–Trinajstić information content (AvgIpc) is 3.07. The molecule has 4 atom stereocenters.